The average Bonchev–Trinajstić information content (AvgIpc) is 3.69. The summed E-state index contributed by atoms with van der Waals surface area (Å²) >= 11 is 0. The number of fused-ring (bicyclic) bond motifs is 7. The molecule has 62 heavy (non-hydrogen) atoms. The predicted molar refractivity (Wildman–Crippen MR) is 264 cm³/mol. The fourth-order valence-electron chi connectivity index (χ4n) is 9.65. The first-order valence-electron chi connectivity index (χ1n) is 21.3. The van der Waals surface area contributed by atoms with Crippen LogP contribution < -0.4 is 4.90 Å². The van der Waals surface area contributed by atoms with Crippen molar-refractivity contribution >= 4 is 71.2 Å². The van der Waals surface area contributed by atoms with Gasteiger partial charge in [0.2, 0.25) is 0 Å². The smallest absolute Gasteiger partial charge is 0.0547 e. The summed E-state index contributed by atoms with van der Waals surface area (Å²) in [6.07, 6.45) is 0. The van der Waals surface area contributed by atoms with Crippen LogP contribution in [0, 0.1) is 0 Å². The highest BCUT2D eigenvalue weighted by atomic mass is 15.1. The maximum absolute atomic E-state index is 2.46. The molecule has 12 rings (SSSR count). The van der Waals surface area contributed by atoms with Gasteiger partial charge in [-0.2, -0.15) is 0 Å². The Morgan fingerprint density at radius 1 is 0.290 bits per heavy atom. The normalized spacial score (nSPS) is 11.5. The summed E-state index contributed by atoms with van der Waals surface area (Å²) < 4.78 is 2.46. The second kappa shape index (κ2) is 14.8. The molecule has 2 nitrogen and oxygen atoms in total. The minimum atomic E-state index is 1.10. The lowest BCUT2D eigenvalue weighted by Crippen LogP contribution is -2.11. The van der Waals surface area contributed by atoms with Crippen molar-refractivity contribution in [1.29, 1.82) is 0 Å². The highest BCUT2D eigenvalue weighted by Gasteiger charge is 2.21. The fourth-order valence-corrected chi connectivity index (χ4v) is 9.65. The van der Waals surface area contributed by atoms with Gasteiger partial charge < -0.3 is 9.47 Å². The number of nitrogens with zero attached hydrogens (tertiary/aromatic N) is 2. The number of aromatic nitrogens is 1. The van der Waals surface area contributed by atoms with Crippen LogP contribution in [0.15, 0.2) is 243 Å². The summed E-state index contributed by atoms with van der Waals surface area (Å²) in [7, 11) is 0. The number of hydrogen-bond donors (Lipinski definition) is 0. The van der Waals surface area contributed by atoms with Gasteiger partial charge in [-0.05, 0) is 109 Å². The average molecular weight is 789 g/mol. The van der Waals surface area contributed by atoms with E-state index in [1.165, 1.54) is 82.1 Å². The Kier molecular flexibility index (Phi) is 8.53. The van der Waals surface area contributed by atoms with E-state index in [0.717, 1.165) is 28.2 Å². The first-order chi connectivity index (χ1) is 30.8. The van der Waals surface area contributed by atoms with Crippen LogP contribution in [0.4, 0.5) is 17.1 Å². The Hall–Kier alpha value is -8.20. The third-order valence-electron chi connectivity index (χ3n) is 12.6. The number of rotatable bonds is 7. The molecule has 0 bridgehead atoms. The molecule has 290 valence electrons. The predicted octanol–water partition coefficient (Wildman–Crippen LogP) is 16.7. The van der Waals surface area contributed by atoms with Crippen LogP contribution >= 0.6 is 0 Å². The van der Waals surface area contributed by atoms with Crippen LogP contribution in [0.1, 0.15) is 0 Å². The Morgan fingerprint density at radius 3 is 1.66 bits per heavy atom. The molecule has 0 N–H and O–H groups in total. The molecule has 0 aliphatic heterocycles. The van der Waals surface area contributed by atoms with Crippen molar-refractivity contribution in [2.75, 3.05) is 4.90 Å². The van der Waals surface area contributed by atoms with Gasteiger partial charge in [-0.25, -0.2) is 0 Å². The van der Waals surface area contributed by atoms with Gasteiger partial charge in [0, 0.05) is 33.1 Å². The van der Waals surface area contributed by atoms with Gasteiger partial charge in [0.1, 0.15) is 0 Å². The van der Waals surface area contributed by atoms with Gasteiger partial charge in [0.05, 0.1) is 22.4 Å². The number of benzene rings is 11. The molecule has 0 spiro atoms. The molecule has 12 aromatic rings. The van der Waals surface area contributed by atoms with Gasteiger partial charge in [0.15, 0.2) is 0 Å². The second-order valence-corrected chi connectivity index (χ2v) is 16.1. The van der Waals surface area contributed by atoms with Crippen molar-refractivity contribution in [2.24, 2.45) is 0 Å². The molecular weight excluding hydrogens is 749 g/mol. The molecule has 0 aliphatic carbocycles. The van der Waals surface area contributed by atoms with Gasteiger partial charge in [-0.3, -0.25) is 0 Å². The molecule has 0 saturated heterocycles. The Bertz CT molecular complexity index is 3620. The van der Waals surface area contributed by atoms with E-state index in [-0.39, 0.29) is 0 Å². The number of para-hydroxylation sites is 1. The monoisotopic (exact) mass is 788 g/mol. The molecule has 0 aliphatic rings. The maximum Gasteiger partial charge on any atom is 0.0547 e. The van der Waals surface area contributed by atoms with Crippen LogP contribution in [0.2, 0.25) is 0 Å². The van der Waals surface area contributed by atoms with Gasteiger partial charge in [-0.15, -0.1) is 0 Å². The molecular formula is C60H40N2. The van der Waals surface area contributed by atoms with Crippen LogP contribution in [0.5, 0.6) is 0 Å². The van der Waals surface area contributed by atoms with Crippen molar-refractivity contribution in [2.45, 2.75) is 0 Å². The summed E-state index contributed by atoms with van der Waals surface area (Å²) in [5.41, 5.74) is 14.0. The molecule has 2 heteroatoms. The van der Waals surface area contributed by atoms with E-state index >= 15 is 0 Å². The van der Waals surface area contributed by atoms with Crippen molar-refractivity contribution in [1.82, 2.24) is 4.57 Å². The first-order valence-corrected chi connectivity index (χ1v) is 21.3. The van der Waals surface area contributed by atoms with Crippen LogP contribution in [0.25, 0.3) is 93.2 Å². The van der Waals surface area contributed by atoms with Crippen LogP contribution in [-0.2, 0) is 0 Å². The highest BCUT2D eigenvalue weighted by Crippen LogP contribution is 2.46. The van der Waals surface area contributed by atoms with Crippen molar-refractivity contribution < 1.29 is 0 Å². The summed E-state index contributed by atoms with van der Waals surface area (Å²) in [6.45, 7) is 0. The van der Waals surface area contributed by atoms with E-state index in [9.17, 15) is 0 Å². The maximum atomic E-state index is 2.46. The zero-order valence-corrected chi connectivity index (χ0v) is 34.0. The van der Waals surface area contributed by atoms with E-state index in [2.05, 4.69) is 252 Å². The number of hydrogen-bond acceptors (Lipinski definition) is 1. The third kappa shape index (κ3) is 5.96. The zero-order chi connectivity index (χ0) is 41.0. The molecule has 0 unspecified atom stereocenters. The fraction of sp³-hybridized carbons (Fsp3) is 0. The Balaban J connectivity index is 1.05. The SMILES string of the molecule is c1ccc(-c2ccc(N(c3ccc4ccccc4c3)c3ccc(-c4ccc(-n5c6ccccc6c6c7ccccc7ccc65)c5ccccc45)cc3-c3ccccc3)cc2)cc1. The summed E-state index contributed by atoms with van der Waals surface area (Å²) in [5.74, 6) is 0. The van der Waals surface area contributed by atoms with E-state index < -0.39 is 0 Å². The minimum absolute atomic E-state index is 1.10. The van der Waals surface area contributed by atoms with Crippen molar-refractivity contribution in [3.63, 3.8) is 0 Å². The van der Waals surface area contributed by atoms with Gasteiger partial charge >= 0.3 is 0 Å². The van der Waals surface area contributed by atoms with E-state index in [1.807, 2.05) is 0 Å². The lowest BCUT2D eigenvalue weighted by atomic mass is 9.92. The Morgan fingerprint density at radius 2 is 0.871 bits per heavy atom. The topological polar surface area (TPSA) is 8.17 Å². The molecule has 1 heterocycles. The molecule has 0 amide bonds. The molecule has 0 atom stereocenters. The lowest BCUT2D eigenvalue weighted by molar-refractivity contribution is 1.20. The molecule has 0 fully saturated rings. The number of anilines is 3. The van der Waals surface area contributed by atoms with E-state index in [4.69, 9.17) is 0 Å². The van der Waals surface area contributed by atoms with Gasteiger partial charge in [-0.1, -0.05) is 188 Å². The minimum Gasteiger partial charge on any atom is -0.310 e. The quantitative estimate of drug-likeness (QED) is 0.156. The zero-order valence-electron chi connectivity index (χ0n) is 34.0. The summed E-state index contributed by atoms with van der Waals surface area (Å²) in [5, 5.41) is 9.94. The summed E-state index contributed by atoms with van der Waals surface area (Å²) in [6, 6.07) is 88.5. The standard InChI is InChI=1S/C60H40N2/c1-3-15-41(16-4-1)43-27-32-48(33-28-43)61(49-34-29-42-17-7-8-21-46(42)39-49)58-36-31-47(40-55(58)44-18-5-2-6-19-44)50-35-38-57(53-24-12-11-23-52(50)53)62-56-26-14-13-25-54(56)60-51-22-10-9-20-45(51)30-37-59(60)62/h1-40H. The van der Waals surface area contributed by atoms with Crippen molar-refractivity contribution in [3.05, 3.63) is 243 Å². The van der Waals surface area contributed by atoms with Crippen LogP contribution in [0.3, 0.4) is 0 Å². The lowest BCUT2D eigenvalue weighted by Gasteiger charge is -2.29. The van der Waals surface area contributed by atoms with E-state index in [1.54, 1.807) is 0 Å². The first kappa shape index (κ1) is 35.7. The van der Waals surface area contributed by atoms with E-state index in [0.29, 0.717) is 0 Å². The molecule has 1 aromatic heterocycles. The Labute approximate surface area is 360 Å². The molecule has 0 saturated carbocycles. The molecule has 11 aromatic carbocycles. The van der Waals surface area contributed by atoms with Crippen molar-refractivity contribution in [3.8, 4) is 39.1 Å². The third-order valence-corrected chi connectivity index (χ3v) is 12.6. The largest absolute Gasteiger partial charge is 0.310 e. The molecule has 0 radical (unpaired) electrons. The van der Waals surface area contributed by atoms with Crippen LogP contribution in [-0.4, -0.2) is 4.57 Å². The highest BCUT2D eigenvalue weighted by molar-refractivity contribution is 6.22. The van der Waals surface area contributed by atoms with Gasteiger partial charge in [0.25, 0.3) is 0 Å². The summed E-state index contributed by atoms with van der Waals surface area (Å²) in [4.78, 5) is 2.42. The second-order valence-electron chi connectivity index (χ2n) is 16.1.